The van der Waals surface area contributed by atoms with Crippen molar-refractivity contribution in [2.45, 2.75) is 65.0 Å². The zero-order valence-electron chi connectivity index (χ0n) is 12.0. The topological polar surface area (TPSA) is 44.4 Å². The van der Waals surface area contributed by atoms with Crippen LogP contribution in [0.2, 0.25) is 0 Å². The fourth-order valence-corrected chi connectivity index (χ4v) is 3.14. The van der Waals surface area contributed by atoms with E-state index in [1.807, 2.05) is 0 Å². The predicted molar refractivity (Wildman–Crippen MR) is 73.0 cm³/mol. The lowest BCUT2D eigenvalue weighted by atomic mass is 9.82. The van der Waals surface area contributed by atoms with Crippen LogP contribution in [0, 0.1) is 5.41 Å². The van der Waals surface area contributed by atoms with Gasteiger partial charge in [0.25, 0.3) is 0 Å². The van der Waals surface area contributed by atoms with Gasteiger partial charge in [0.1, 0.15) is 0 Å². The van der Waals surface area contributed by atoms with Crippen LogP contribution in [-0.2, 0) is 4.79 Å². The summed E-state index contributed by atoms with van der Waals surface area (Å²) in [5.41, 5.74) is 2.94. The molecule has 4 heteroatoms. The SMILES string of the molecule is CC1CCCC(C)N1NC(=O)C1(C)CCCNC1. The minimum absolute atomic E-state index is 0.190. The van der Waals surface area contributed by atoms with Crippen LogP contribution >= 0.6 is 0 Å². The van der Waals surface area contributed by atoms with Crippen LogP contribution in [0.1, 0.15) is 52.9 Å². The average molecular weight is 253 g/mol. The van der Waals surface area contributed by atoms with E-state index in [9.17, 15) is 4.79 Å². The van der Waals surface area contributed by atoms with Crippen molar-refractivity contribution in [2.75, 3.05) is 13.1 Å². The molecule has 3 atom stereocenters. The van der Waals surface area contributed by atoms with Crippen molar-refractivity contribution in [1.29, 1.82) is 0 Å². The molecule has 3 unspecified atom stereocenters. The van der Waals surface area contributed by atoms with E-state index in [0.717, 1.165) is 25.9 Å². The van der Waals surface area contributed by atoms with Gasteiger partial charge >= 0.3 is 0 Å². The van der Waals surface area contributed by atoms with E-state index in [0.29, 0.717) is 12.1 Å². The number of nitrogens with one attached hydrogen (secondary N) is 2. The number of hydrogen-bond acceptors (Lipinski definition) is 3. The van der Waals surface area contributed by atoms with Gasteiger partial charge in [-0.25, -0.2) is 5.01 Å². The highest BCUT2D eigenvalue weighted by molar-refractivity contribution is 5.82. The van der Waals surface area contributed by atoms with E-state index >= 15 is 0 Å². The maximum atomic E-state index is 12.5. The molecule has 0 radical (unpaired) electrons. The third kappa shape index (κ3) is 2.86. The number of hydrogen-bond donors (Lipinski definition) is 2. The van der Waals surface area contributed by atoms with Crippen molar-refractivity contribution in [3.63, 3.8) is 0 Å². The maximum absolute atomic E-state index is 12.5. The van der Waals surface area contributed by atoms with Crippen molar-refractivity contribution in [2.24, 2.45) is 5.41 Å². The van der Waals surface area contributed by atoms with E-state index in [4.69, 9.17) is 0 Å². The molecular weight excluding hydrogens is 226 g/mol. The Hall–Kier alpha value is -0.610. The number of nitrogens with zero attached hydrogens (tertiary/aromatic N) is 1. The van der Waals surface area contributed by atoms with E-state index in [1.54, 1.807) is 0 Å². The molecule has 2 N–H and O–H groups in total. The largest absolute Gasteiger partial charge is 0.316 e. The van der Waals surface area contributed by atoms with Crippen molar-refractivity contribution in [3.05, 3.63) is 0 Å². The van der Waals surface area contributed by atoms with Crippen LogP contribution in [0.4, 0.5) is 0 Å². The molecule has 1 amide bonds. The van der Waals surface area contributed by atoms with Crippen molar-refractivity contribution in [3.8, 4) is 0 Å². The van der Waals surface area contributed by atoms with Crippen LogP contribution in [0.15, 0.2) is 0 Å². The zero-order valence-corrected chi connectivity index (χ0v) is 12.0. The first-order valence-electron chi connectivity index (χ1n) is 7.33. The molecule has 0 aromatic rings. The van der Waals surface area contributed by atoms with Gasteiger partial charge in [-0.05, 0) is 53.0 Å². The Morgan fingerprint density at radius 1 is 1.28 bits per heavy atom. The first kappa shape index (κ1) is 13.8. The second-order valence-electron chi connectivity index (χ2n) is 6.32. The monoisotopic (exact) mass is 253 g/mol. The third-order valence-electron chi connectivity index (χ3n) is 4.57. The number of piperidine rings is 2. The summed E-state index contributed by atoms with van der Waals surface area (Å²) >= 11 is 0. The summed E-state index contributed by atoms with van der Waals surface area (Å²) in [5, 5.41) is 5.51. The van der Waals surface area contributed by atoms with E-state index < -0.39 is 0 Å². The molecule has 4 nitrogen and oxygen atoms in total. The van der Waals surface area contributed by atoms with Crippen molar-refractivity contribution >= 4 is 5.91 Å². The highest BCUT2D eigenvalue weighted by Crippen LogP contribution is 2.27. The molecule has 2 aliphatic heterocycles. The van der Waals surface area contributed by atoms with E-state index in [-0.39, 0.29) is 11.3 Å². The second kappa shape index (κ2) is 5.57. The molecule has 0 aliphatic carbocycles. The Kier molecular flexibility index (Phi) is 4.28. The first-order valence-corrected chi connectivity index (χ1v) is 7.33. The number of amides is 1. The smallest absolute Gasteiger partial charge is 0.241 e. The van der Waals surface area contributed by atoms with Gasteiger partial charge in [-0.3, -0.25) is 10.2 Å². The van der Waals surface area contributed by atoms with Gasteiger partial charge < -0.3 is 5.32 Å². The Balaban J connectivity index is 1.97. The molecule has 2 heterocycles. The number of carbonyl (C=O) groups is 1. The molecule has 2 fully saturated rings. The van der Waals surface area contributed by atoms with Gasteiger partial charge in [0, 0.05) is 18.6 Å². The minimum Gasteiger partial charge on any atom is -0.316 e. The summed E-state index contributed by atoms with van der Waals surface area (Å²) in [7, 11) is 0. The average Bonchev–Trinajstić information content (AvgIpc) is 2.34. The van der Waals surface area contributed by atoms with E-state index in [1.165, 1.54) is 19.3 Å². The normalized spacial score (nSPS) is 38.4. The van der Waals surface area contributed by atoms with Crippen LogP contribution in [0.25, 0.3) is 0 Å². The molecule has 104 valence electrons. The molecule has 0 spiro atoms. The quantitative estimate of drug-likeness (QED) is 0.787. The summed E-state index contributed by atoms with van der Waals surface area (Å²) < 4.78 is 0. The lowest BCUT2D eigenvalue weighted by Crippen LogP contribution is -2.59. The predicted octanol–water partition coefficient (Wildman–Crippen LogP) is 1.67. The second-order valence-corrected chi connectivity index (χ2v) is 6.32. The summed E-state index contributed by atoms with van der Waals surface area (Å²) in [6, 6.07) is 0.913. The van der Waals surface area contributed by atoms with Gasteiger partial charge in [-0.1, -0.05) is 6.42 Å². The molecule has 18 heavy (non-hydrogen) atoms. The lowest BCUT2D eigenvalue weighted by Gasteiger charge is -2.42. The fraction of sp³-hybridized carbons (Fsp3) is 0.929. The summed E-state index contributed by atoms with van der Waals surface area (Å²) in [6.45, 7) is 8.33. The summed E-state index contributed by atoms with van der Waals surface area (Å²) in [4.78, 5) is 12.5. The summed E-state index contributed by atoms with van der Waals surface area (Å²) in [5.74, 6) is 0.190. The summed E-state index contributed by atoms with van der Waals surface area (Å²) in [6.07, 6.45) is 5.71. The molecule has 2 rings (SSSR count). The van der Waals surface area contributed by atoms with Crippen LogP contribution in [-0.4, -0.2) is 36.1 Å². The van der Waals surface area contributed by atoms with Crippen LogP contribution in [0.5, 0.6) is 0 Å². The Bertz CT molecular complexity index is 289. The molecule has 0 saturated carbocycles. The first-order chi connectivity index (χ1) is 8.53. The van der Waals surface area contributed by atoms with Gasteiger partial charge in [0.05, 0.1) is 5.41 Å². The van der Waals surface area contributed by atoms with Crippen LogP contribution < -0.4 is 10.7 Å². The Labute approximate surface area is 110 Å². The van der Waals surface area contributed by atoms with E-state index in [2.05, 4.69) is 36.5 Å². The standard InChI is InChI=1S/C14H27N3O/c1-11-6-4-7-12(2)17(11)16-13(18)14(3)8-5-9-15-10-14/h11-12,15H,4-10H2,1-3H3,(H,16,18). The van der Waals surface area contributed by atoms with Crippen molar-refractivity contribution in [1.82, 2.24) is 15.8 Å². The molecule has 2 saturated heterocycles. The number of carbonyl (C=O) groups excluding carboxylic acids is 1. The third-order valence-corrected chi connectivity index (χ3v) is 4.57. The van der Waals surface area contributed by atoms with Gasteiger partial charge in [0.15, 0.2) is 0 Å². The molecule has 0 aromatic carbocycles. The maximum Gasteiger partial charge on any atom is 0.241 e. The van der Waals surface area contributed by atoms with Crippen molar-refractivity contribution < 1.29 is 4.79 Å². The number of hydrazine groups is 1. The molecule has 0 aromatic heterocycles. The zero-order chi connectivity index (χ0) is 13.2. The van der Waals surface area contributed by atoms with Gasteiger partial charge in [0.2, 0.25) is 5.91 Å². The highest BCUT2D eigenvalue weighted by Gasteiger charge is 2.37. The Morgan fingerprint density at radius 3 is 2.50 bits per heavy atom. The molecule has 0 bridgehead atoms. The van der Waals surface area contributed by atoms with Crippen LogP contribution in [0.3, 0.4) is 0 Å². The lowest BCUT2D eigenvalue weighted by molar-refractivity contribution is -0.139. The van der Waals surface area contributed by atoms with Gasteiger partial charge in [-0.2, -0.15) is 0 Å². The fourth-order valence-electron chi connectivity index (χ4n) is 3.14. The highest BCUT2D eigenvalue weighted by atomic mass is 16.2. The van der Waals surface area contributed by atoms with Gasteiger partial charge in [-0.15, -0.1) is 0 Å². The number of rotatable bonds is 2. The molecule has 2 aliphatic rings. The minimum atomic E-state index is -0.241. The molecular formula is C14H27N3O. The Morgan fingerprint density at radius 2 is 1.94 bits per heavy atom.